The van der Waals surface area contributed by atoms with E-state index < -0.39 is 0 Å². The van der Waals surface area contributed by atoms with E-state index in [0.29, 0.717) is 29.5 Å². The van der Waals surface area contributed by atoms with Gasteiger partial charge in [-0.25, -0.2) is 5.43 Å². The van der Waals surface area contributed by atoms with E-state index in [1.807, 2.05) is 67.6 Å². The number of nitrogens with one attached hydrogen (secondary N) is 1. The molecule has 0 saturated heterocycles. The molecule has 33 heavy (non-hydrogen) atoms. The number of fused-ring (bicyclic) bond motifs is 1. The Morgan fingerprint density at radius 1 is 0.939 bits per heavy atom. The van der Waals surface area contributed by atoms with E-state index in [9.17, 15) is 4.79 Å². The standard InChI is InChI=1S/C27H23ClN2O3/c1-2-32-23-14-9-21(10-15-23)27(31)30-29-17-25-24-6-4-3-5-20(24)11-16-26(25)33-18-19-7-12-22(28)13-8-19/h3-17H,2,18H2,1H3,(H,30,31)/b29-17+. The first-order chi connectivity index (χ1) is 16.1. The highest BCUT2D eigenvalue weighted by atomic mass is 35.5. The molecule has 0 aromatic heterocycles. The van der Waals surface area contributed by atoms with Crippen molar-refractivity contribution >= 4 is 34.5 Å². The fourth-order valence-corrected chi connectivity index (χ4v) is 3.49. The molecule has 0 unspecified atom stereocenters. The lowest BCUT2D eigenvalue weighted by Crippen LogP contribution is -2.17. The topological polar surface area (TPSA) is 59.9 Å². The highest BCUT2D eigenvalue weighted by Gasteiger charge is 2.09. The summed E-state index contributed by atoms with van der Waals surface area (Å²) in [6, 6.07) is 26.3. The van der Waals surface area contributed by atoms with E-state index in [0.717, 1.165) is 27.6 Å². The quantitative estimate of drug-likeness (QED) is 0.251. The zero-order valence-electron chi connectivity index (χ0n) is 18.1. The van der Waals surface area contributed by atoms with Crippen LogP contribution in [0.5, 0.6) is 11.5 Å². The second-order valence-corrected chi connectivity index (χ2v) is 7.71. The van der Waals surface area contributed by atoms with E-state index in [1.54, 1.807) is 30.5 Å². The van der Waals surface area contributed by atoms with Crippen LogP contribution in [0.1, 0.15) is 28.4 Å². The average molecular weight is 459 g/mol. The minimum absolute atomic E-state index is 0.307. The molecule has 1 N–H and O–H groups in total. The lowest BCUT2D eigenvalue weighted by Gasteiger charge is -2.12. The Kier molecular flexibility index (Phi) is 7.22. The zero-order chi connectivity index (χ0) is 23.0. The van der Waals surface area contributed by atoms with Crippen molar-refractivity contribution in [1.29, 1.82) is 0 Å². The number of amides is 1. The van der Waals surface area contributed by atoms with Crippen LogP contribution in [0.25, 0.3) is 10.8 Å². The molecule has 0 bridgehead atoms. The molecule has 5 nitrogen and oxygen atoms in total. The maximum absolute atomic E-state index is 12.5. The number of ether oxygens (including phenoxy) is 2. The van der Waals surface area contributed by atoms with E-state index in [4.69, 9.17) is 21.1 Å². The van der Waals surface area contributed by atoms with Gasteiger partial charge in [-0.15, -0.1) is 0 Å². The number of hydrazone groups is 1. The number of benzene rings is 4. The molecule has 0 aliphatic carbocycles. The lowest BCUT2D eigenvalue weighted by molar-refractivity contribution is 0.0955. The molecule has 0 atom stereocenters. The van der Waals surface area contributed by atoms with Crippen LogP contribution in [0.15, 0.2) is 90.0 Å². The normalized spacial score (nSPS) is 11.0. The molecule has 1 amide bonds. The Labute approximate surface area is 197 Å². The molecule has 0 fully saturated rings. The molecule has 166 valence electrons. The number of hydrogen-bond donors (Lipinski definition) is 1. The Balaban J connectivity index is 1.53. The number of rotatable bonds is 8. The molecule has 4 aromatic carbocycles. The number of carbonyl (C=O) groups excluding carboxylic acids is 1. The van der Waals surface area contributed by atoms with Gasteiger partial charge in [-0.3, -0.25) is 4.79 Å². The van der Waals surface area contributed by atoms with Gasteiger partial charge in [0, 0.05) is 16.1 Å². The molecule has 6 heteroatoms. The van der Waals surface area contributed by atoms with Crippen molar-refractivity contribution in [2.75, 3.05) is 6.61 Å². The Bertz CT molecular complexity index is 1270. The SMILES string of the molecule is CCOc1ccc(C(=O)N/N=C/c2c(OCc3ccc(Cl)cc3)ccc3ccccc23)cc1. The van der Waals surface area contributed by atoms with Crippen molar-refractivity contribution in [1.82, 2.24) is 5.43 Å². The van der Waals surface area contributed by atoms with Gasteiger partial charge in [-0.1, -0.05) is 54.1 Å². The summed E-state index contributed by atoms with van der Waals surface area (Å²) in [6.45, 7) is 2.87. The third kappa shape index (κ3) is 5.70. The van der Waals surface area contributed by atoms with E-state index >= 15 is 0 Å². The van der Waals surface area contributed by atoms with Gasteiger partial charge >= 0.3 is 0 Å². The van der Waals surface area contributed by atoms with Crippen molar-refractivity contribution in [3.8, 4) is 11.5 Å². The molecule has 0 aliphatic heterocycles. The molecule has 0 radical (unpaired) electrons. The van der Waals surface area contributed by atoms with Crippen LogP contribution in [0.3, 0.4) is 0 Å². The Hall–Kier alpha value is -3.83. The summed E-state index contributed by atoms with van der Waals surface area (Å²) in [6.07, 6.45) is 1.62. The molecule has 0 spiro atoms. The Morgan fingerprint density at radius 2 is 1.70 bits per heavy atom. The van der Waals surface area contributed by atoms with Gasteiger partial charge in [0.2, 0.25) is 0 Å². The maximum atomic E-state index is 12.5. The predicted octanol–water partition coefficient (Wildman–Crippen LogP) is 6.23. The van der Waals surface area contributed by atoms with Crippen molar-refractivity contribution in [2.45, 2.75) is 13.5 Å². The molecule has 4 rings (SSSR count). The van der Waals surface area contributed by atoms with Gasteiger partial charge in [-0.2, -0.15) is 5.10 Å². The number of halogens is 1. The summed E-state index contributed by atoms with van der Waals surface area (Å²) >= 11 is 5.97. The Morgan fingerprint density at radius 3 is 2.45 bits per heavy atom. The van der Waals surface area contributed by atoms with E-state index in [1.165, 1.54) is 0 Å². The van der Waals surface area contributed by atoms with Gasteiger partial charge in [0.15, 0.2) is 0 Å². The summed E-state index contributed by atoms with van der Waals surface area (Å²) in [4.78, 5) is 12.5. The van der Waals surface area contributed by atoms with Crippen molar-refractivity contribution in [2.24, 2.45) is 5.10 Å². The molecular weight excluding hydrogens is 436 g/mol. The molecule has 0 heterocycles. The van der Waals surface area contributed by atoms with Crippen molar-refractivity contribution in [3.05, 3.63) is 107 Å². The second kappa shape index (κ2) is 10.7. The monoisotopic (exact) mass is 458 g/mol. The van der Waals surface area contributed by atoms with Crippen LogP contribution in [0.4, 0.5) is 0 Å². The van der Waals surface area contributed by atoms with Gasteiger partial charge in [-0.05, 0) is 65.7 Å². The lowest BCUT2D eigenvalue weighted by atomic mass is 10.0. The number of carbonyl (C=O) groups is 1. The average Bonchev–Trinajstić information content (AvgIpc) is 2.85. The number of nitrogens with zero attached hydrogens (tertiary/aromatic N) is 1. The van der Waals surface area contributed by atoms with Crippen LogP contribution < -0.4 is 14.9 Å². The van der Waals surface area contributed by atoms with Gasteiger partial charge in [0.1, 0.15) is 18.1 Å². The van der Waals surface area contributed by atoms with Crippen LogP contribution >= 0.6 is 11.6 Å². The summed E-state index contributed by atoms with van der Waals surface area (Å²) < 4.78 is 11.5. The molecule has 4 aromatic rings. The van der Waals surface area contributed by atoms with Gasteiger partial charge in [0.25, 0.3) is 5.91 Å². The van der Waals surface area contributed by atoms with E-state index in [2.05, 4.69) is 10.5 Å². The highest BCUT2D eigenvalue weighted by molar-refractivity contribution is 6.30. The molecular formula is C27H23ClN2O3. The highest BCUT2D eigenvalue weighted by Crippen LogP contribution is 2.27. The maximum Gasteiger partial charge on any atom is 0.271 e. The van der Waals surface area contributed by atoms with Crippen LogP contribution in [-0.4, -0.2) is 18.7 Å². The van der Waals surface area contributed by atoms with Crippen molar-refractivity contribution in [3.63, 3.8) is 0 Å². The van der Waals surface area contributed by atoms with Crippen LogP contribution in [0, 0.1) is 0 Å². The smallest absolute Gasteiger partial charge is 0.271 e. The third-order valence-electron chi connectivity index (χ3n) is 5.03. The molecule has 0 saturated carbocycles. The zero-order valence-corrected chi connectivity index (χ0v) is 18.9. The first kappa shape index (κ1) is 22.4. The third-order valence-corrected chi connectivity index (χ3v) is 5.28. The minimum atomic E-state index is -0.307. The molecule has 0 aliphatic rings. The van der Waals surface area contributed by atoms with E-state index in [-0.39, 0.29) is 5.91 Å². The predicted molar refractivity (Wildman–Crippen MR) is 132 cm³/mol. The van der Waals surface area contributed by atoms with Crippen molar-refractivity contribution < 1.29 is 14.3 Å². The van der Waals surface area contributed by atoms with Crippen LogP contribution in [-0.2, 0) is 6.61 Å². The number of hydrogen-bond acceptors (Lipinski definition) is 4. The van der Waals surface area contributed by atoms with Gasteiger partial charge in [0.05, 0.1) is 12.8 Å². The second-order valence-electron chi connectivity index (χ2n) is 7.27. The fraction of sp³-hybridized carbons (Fsp3) is 0.111. The summed E-state index contributed by atoms with van der Waals surface area (Å²) in [5.74, 6) is 1.08. The largest absolute Gasteiger partial charge is 0.494 e. The first-order valence-electron chi connectivity index (χ1n) is 10.6. The summed E-state index contributed by atoms with van der Waals surface area (Å²) in [7, 11) is 0. The summed E-state index contributed by atoms with van der Waals surface area (Å²) in [5, 5.41) is 6.91. The summed E-state index contributed by atoms with van der Waals surface area (Å²) in [5.41, 5.74) is 4.87. The van der Waals surface area contributed by atoms with Gasteiger partial charge < -0.3 is 9.47 Å². The minimum Gasteiger partial charge on any atom is -0.494 e. The first-order valence-corrected chi connectivity index (χ1v) is 11.0. The fourth-order valence-electron chi connectivity index (χ4n) is 3.37. The van der Waals surface area contributed by atoms with Crippen LogP contribution in [0.2, 0.25) is 5.02 Å².